The Bertz CT molecular complexity index is 1470. The maximum atomic E-state index is 11.3. The van der Waals surface area contributed by atoms with Crippen LogP contribution in [0.1, 0.15) is 17.0 Å². The SMILES string of the molecule is N#Cc1cnc2[nH]cc(-c3nc(-c4cccc([C@]5(O)Cc6nccn6C5)c4)cs3)c2c1. The van der Waals surface area contributed by atoms with Gasteiger partial charge in [0.05, 0.1) is 17.8 Å². The highest BCUT2D eigenvalue weighted by Gasteiger charge is 2.37. The molecule has 1 aliphatic heterocycles. The summed E-state index contributed by atoms with van der Waals surface area (Å²) in [5.74, 6) is 0.897. The number of hydrogen-bond donors (Lipinski definition) is 2. The van der Waals surface area contributed by atoms with Crippen LogP contribution in [0.2, 0.25) is 0 Å². The molecule has 1 atom stereocenters. The molecule has 0 aliphatic carbocycles. The van der Waals surface area contributed by atoms with Crippen molar-refractivity contribution in [3.63, 3.8) is 0 Å². The molecule has 4 aromatic heterocycles. The second-order valence-electron chi connectivity index (χ2n) is 7.73. The van der Waals surface area contributed by atoms with Crippen LogP contribution < -0.4 is 0 Å². The summed E-state index contributed by atoms with van der Waals surface area (Å²) in [5, 5.41) is 24.2. The molecule has 0 saturated heterocycles. The van der Waals surface area contributed by atoms with E-state index >= 15 is 0 Å². The lowest BCUT2D eigenvalue weighted by atomic mass is 9.91. The van der Waals surface area contributed by atoms with Gasteiger partial charge in [-0.2, -0.15) is 5.26 Å². The predicted molar refractivity (Wildman–Crippen MR) is 117 cm³/mol. The van der Waals surface area contributed by atoms with Gasteiger partial charge in [0.25, 0.3) is 0 Å². The Balaban J connectivity index is 1.36. The van der Waals surface area contributed by atoms with Gasteiger partial charge in [-0.1, -0.05) is 18.2 Å². The van der Waals surface area contributed by atoms with Crippen LogP contribution >= 0.6 is 11.3 Å². The molecule has 2 N–H and O–H groups in total. The topological polar surface area (TPSA) is 103 Å². The van der Waals surface area contributed by atoms with Gasteiger partial charge in [0.15, 0.2) is 0 Å². The third-order valence-electron chi connectivity index (χ3n) is 5.77. The molecule has 0 amide bonds. The predicted octanol–water partition coefficient (Wildman–Crippen LogP) is 3.87. The fourth-order valence-electron chi connectivity index (χ4n) is 4.18. The molecule has 0 radical (unpaired) electrons. The van der Waals surface area contributed by atoms with Crippen molar-refractivity contribution in [2.45, 2.75) is 18.6 Å². The first-order chi connectivity index (χ1) is 15.1. The lowest BCUT2D eigenvalue weighted by molar-refractivity contribution is 0.0376. The molecule has 0 fully saturated rings. The van der Waals surface area contributed by atoms with Crippen LogP contribution in [0, 0.1) is 11.3 Å². The highest BCUT2D eigenvalue weighted by Crippen LogP contribution is 2.37. The molecule has 150 valence electrons. The van der Waals surface area contributed by atoms with Crippen LogP contribution in [-0.4, -0.2) is 29.6 Å². The molecule has 7 nitrogen and oxygen atoms in total. The third kappa shape index (κ3) is 2.86. The van der Waals surface area contributed by atoms with E-state index in [1.807, 2.05) is 52.7 Å². The van der Waals surface area contributed by atoms with E-state index in [-0.39, 0.29) is 0 Å². The minimum atomic E-state index is -0.964. The van der Waals surface area contributed by atoms with Gasteiger partial charge in [0.1, 0.15) is 28.1 Å². The Morgan fingerprint density at radius 2 is 2.19 bits per heavy atom. The summed E-state index contributed by atoms with van der Waals surface area (Å²) in [7, 11) is 0. The largest absolute Gasteiger partial charge is 0.383 e. The van der Waals surface area contributed by atoms with E-state index in [0.29, 0.717) is 18.5 Å². The number of fused-ring (bicyclic) bond motifs is 2. The van der Waals surface area contributed by atoms with Crippen LogP contribution in [0.25, 0.3) is 32.9 Å². The molecule has 1 aliphatic rings. The van der Waals surface area contributed by atoms with Gasteiger partial charge < -0.3 is 14.7 Å². The molecular formula is C23H16N6OS. The number of nitrogens with one attached hydrogen (secondary N) is 1. The molecule has 0 unspecified atom stereocenters. The van der Waals surface area contributed by atoms with Crippen LogP contribution in [0.5, 0.6) is 0 Å². The van der Waals surface area contributed by atoms with Gasteiger partial charge in [-0.15, -0.1) is 11.3 Å². The summed E-state index contributed by atoms with van der Waals surface area (Å²) in [4.78, 5) is 16.6. The van der Waals surface area contributed by atoms with E-state index < -0.39 is 5.60 Å². The molecule has 6 rings (SSSR count). The first-order valence-electron chi connectivity index (χ1n) is 9.79. The number of thiazole rings is 1. The number of aliphatic hydroxyl groups is 1. The van der Waals surface area contributed by atoms with Gasteiger partial charge >= 0.3 is 0 Å². The maximum Gasteiger partial charge on any atom is 0.138 e. The first kappa shape index (κ1) is 18.0. The minimum Gasteiger partial charge on any atom is -0.383 e. The lowest BCUT2D eigenvalue weighted by Crippen LogP contribution is -2.27. The quantitative estimate of drug-likeness (QED) is 0.458. The van der Waals surface area contributed by atoms with Crippen LogP contribution in [0.15, 0.2) is 60.5 Å². The van der Waals surface area contributed by atoms with Gasteiger partial charge in [0.2, 0.25) is 0 Å². The highest BCUT2D eigenvalue weighted by molar-refractivity contribution is 7.13. The number of H-pyrrole nitrogens is 1. The second kappa shape index (κ2) is 6.60. The normalized spacial score (nSPS) is 17.7. The van der Waals surface area contributed by atoms with Crippen molar-refractivity contribution in [3.8, 4) is 27.9 Å². The first-order valence-corrected chi connectivity index (χ1v) is 10.7. The molecule has 0 bridgehead atoms. The summed E-state index contributed by atoms with van der Waals surface area (Å²) in [5.41, 5.74) is 3.87. The molecule has 0 saturated carbocycles. The Kier molecular flexibility index (Phi) is 3.84. The van der Waals surface area contributed by atoms with Crippen LogP contribution in [0.3, 0.4) is 0 Å². The fourth-order valence-corrected chi connectivity index (χ4v) is 5.04. The fraction of sp³-hybridized carbons (Fsp3) is 0.130. The van der Waals surface area contributed by atoms with Gasteiger partial charge in [-0.25, -0.2) is 15.0 Å². The molecule has 1 aromatic carbocycles. The summed E-state index contributed by atoms with van der Waals surface area (Å²) in [6.07, 6.45) is 7.59. The van der Waals surface area contributed by atoms with Gasteiger partial charge in [-0.05, 0) is 17.7 Å². The average molecular weight is 424 g/mol. The number of pyridine rings is 1. The Labute approximate surface area is 181 Å². The number of rotatable bonds is 3. The standard InChI is InChI=1S/C23H16N6OS/c24-9-14-6-17-18(11-27-21(17)26-10-14)22-28-19(12-31-22)15-2-1-3-16(7-15)23(30)8-20-25-4-5-29(20)13-23/h1-7,10-12,30H,8,13H2,(H,26,27)/t23-/m0/s1. The monoisotopic (exact) mass is 424 g/mol. The van der Waals surface area contributed by atoms with Crippen molar-refractivity contribution in [2.75, 3.05) is 0 Å². The number of nitriles is 1. The summed E-state index contributed by atoms with van der Waals surface area (Å²) in [6.45, 7) is 0.498. The van der Waals surface area contributed by atoms with Gasteiger partial charge in [-0.3, -0.25) is 0 Å². The average Bonchev–Trinajstić information content (AvgIpc) is 3.56. The summed E-state index contributed by atoms with van der Waals surface area (Å²) >= 11 is 1.54. The van der Waals surface area contributed by atoms with Crippen molar-refractivity contribution in [1.29, 1.82) is 5.26 Å². The van der Waals surface area contributed by atoms with E-state index in [9.17, 15) is 10.4 Å². The van der Waals surface area contributed by atoms with E-state index in [1.165, 1.54) is 0 Å². The molecule has 5 aromatic rings. The second-order valence-corrected chi connectivity index (χ2v) is 8.59. The zero-order chi connectivity index (χ0) is 21.0. The van der Waals surface area contributed by atoms with E-state index in [0.717, 1.165) is 44.2 Å². The number of benzene rings is 1. The highest BCUT2D eigenvalue weighted by atomic mass is 32.1. The lowest BCUT2D eigenvalue weighted by Gasteiger charge is -2.22. The summed E-state index contributed by atoms with van der Waals surface area (Å²) < 4.78 is 1.99. The van der Waals surface area contributed by atoms with Crippen molar-refractivity contribution in [1.82, 2.24) is 24.5 Å². The van der Waals surface area contributed by atoms with Crippen molar-refractivity contribution in [2.24, 2.45) is 0 Å². The Hall–Kier alpha value is -3.80. The molecule has 8 heteroatoms. The van der Waals surface area contributed by atoms with Crippen molar-refractivity contribution in [3.05, 3.63) is 77.5 Å². The molecular weight excluding hydrogens is 408 g/mol. The molecule has 31 heavy (non-hydrogen) atoms. The Morgan fingerprint density at radius 1 is 1.26 bits per heavy atom. The number of aromatic nitrogens is 5. The van der Waals surface area contributed by atoms with Crippen LogP contribution in [0.4, 0.5) is 0 Å². The molecule has 0 spiro atoms. The maximum absolute atomic E-state index is 11.3. The summed E-state index contributed by atoms with van der Waals surface area (Å²) in [6, 6.07) is 11.9. The van der Waals surface area contributed by atoms with Crippen LogP contribution in [-0.2, 0) is 18.6 Å². The smallest absolute Gasteiger partial charge is 0.138 e. The zero-order valence-electron chi connectivity index (χ0n) is 16.3. The number of hydrogen-bond acceptors (Lipinski definition) is 6. The number of aromatic amines is 1. The van der Waals surface area contributed by atoms with Crippen molar-refractivity contribution < 1.29 is 5.11 Å². The van der Waals surface area contributed by atoms with E-state index in [1.54, 1.807) is 23.7 Å². The minimum absolute atomic E-state index is 0.495. The third-order valence-corrected chi connectivity index (χ3v) is 6.65. The number of nitrogens with zero attached hydrogens (tertiary/aromatic N) is 5. The van der Waals surface area contributed by atoms with Crippen molar-refractivity contribution >= 4 is 22.4 Å². The van der Waals surface area contributed by atoms with Gasteiger partial charge in [0, 0.05) is 53.1 Å². The van der Waals surface area contributed by atoms with E-state index in [4.69, 9.17) is 4.98 Å². The van der Waals surface area contributed by atoms with E-state index in [2.05, 4.69) is 21.0 Å². The Morgan fingerprint density at radius 3 is 3.06 bits per heavy atom. The zero-order valence-corrected chi connectivity index (χ0v) is 17.1. The number of imidazole rings is 1. The molecule has 5 heterocycles.